The Balaban J connectivity index is 1.83. The minimum absolute atomic E-state index is 0.0615. The summed E-state index contributed by atoms with van der Waals surface area (Å²) in [7, 11) is 0. The lowest BCUT2D eigenvalue weighted by Gasteiger charge is -2.36. The van der Waals surface area contributed by atoms with Gasteiger partial charge in [0.15, 0.2) is 11.5 Å². The fraction of sp³-hybridized carbons (Fsp3) is 0.478. The van der Waals surface area contributed by atoms with Gasteiger partial charge in [-0.2, -0.15) is 0 Å². The van der Waals surface area contributed by atoms with Crippen molar-refractivity contribution in [2.75, 3.05) is 0 Å². The second-order valence-corrected chi connectivity index (χ2v) is 8.48. The Morgan fingerprint density at radius 1 is 1.21 bits per heavy atom. The maximum absolute atomic E-state index is 13.1. The molecule has 4 rings (SSSR count). The molecule has 0 saturated heterocycles. The molecule has 0 spiro atoms. The van der Waals surface area contributed by atoms with Crippen LogP contribution in [-0.4, -0.2) is 32.7 Å². The number of amides is 1. The zero-order chi connectivity index (χ0) is 19.8. The lowest BCUT2D eigenvalue weighted by Crippen LogP contribution is -2.41. The average Bonchev–Trinajstić information content (AvgIpc) is 3.21. The number of carbonyl (C=O) groups excluding carboxylic acids is 2. The number of nitrogens with one attached hydrogen (secondary N) is 1. The standard InChI is InChI=1S/C23H28N2O3/c1-14(2)12-19(26)20-21(17-13-24-18-11-7-6-10-16(17)18)25(23(28)22(20)27)15-8-4-3-5-9-15/h6-7,10-11,13-15,21,24,27H,3-5,8-9,12H2,1-2H3. The molecule has 148 valence electrons. The van der Waals surface area contributed by atoms with Gasteiger partial charge in [-0.05, 0) is 24.8 Å². The van der Waals surface area contributed by atoms with E-state index in [0.29, 0.717) is 6.42 Å². The first-order valence-corrected chi connectivity index (χ1v) is 10.3. The number of carbonyl (C=O) groups is 2. The van der Waals surface area contributed by atoms with Crippen LogP contribution in [0.4, 0.5) is 0 Å². The molecule has 2 aliphatic rings. The summed E-state index contributed by atoms with van der Waals surface area (Å²) < 4.78 is 0. The largest absolute Gasteiger partial charge is 0.503 e. The van der Waals surface area contributed by atoms with Crippen molar-refractivity contribution in [1.29, 1.82) is 0 Å². The quantitative estimate of drug-likeness (QED) is 0.782. The number of hydrogen-bond acceptors (Lipinski definition) is 3. The van der Waals surface area contributed by atoms with Crippen molar-refractivity contribution in [3.05, 3.63) is 47.4 Å². The summed E-state index contributed by atoms with van der Waals surface area (Å²) in [5.41, 5.74) is 2.13. The van der Waals surface area contributed by atoms with Crippen LogP contribution in [-0.2, 0) is 9.59 Å². The highest BCUT2D eigenvalue weighted by molar-refractivity contribution is 6.09. The predicted octanol–water partition coefficient (Wildman–Crippen LogP) is 4.81. The topological polar surface area (TPSA) is 73.4 Å². The Morgan fingerprint density at radius 2 is 1.93 bits per heavy atom. The molecule has 28 heavy (non-hydrogen) atoms. The molecule has 5 nitrogen and oxygen atoms in total. The molecule has 2 N–H and O–H groups in total. The molecule has 1 saturated carbocycles. The number of ketones is 1. The third kappa shape index (κ3) is 3.13. The normalized spacial score (nSPS) is 21.3. The Hall–Kier alpha value is -2.56. The molecule has 1 unspecified atom stereocenters. The average molecular weight is 380 g/mol. The van der Waals surface area contributed by atoms with Gasteiger partial charge >= 0.3 is 0 Å². The van der Waals surface area contributed by atoms with Gasteiger partial charge in [-0.25, -0.2) is 0 Å². The SMILES string of the molecule is CC(C)CC(=O)C1=C(O)C(=O)N(C2CCCCC2)C1c1c[nH]c2ccccc12. The minimum atomic E-state index is -0.516. The summed E-state index contributed by atoms with van der Waals surface area (Å²) in [6.07, 6.45) is 7.38. The highest BCUT2D eigenvalue weighted by Gasteiger charge is 2.47. The third-order valence-electron chi connectivity index (χ3n) is 6.02. The van der Waals surface area contributed by atoms with Crippen molar-refractivity contribution < 1.29 is 14.7 Å². The summed E-state index contributed by atoms with van der Waals surface area (Å²) in [5.74, 6) is -0.717. The number of benzene rings is 1. The van der Waals surface area contributed by atoms with Crippen molar-refractivity contribution in [3.8, 4) is 0 Å². The molecular weight excluding hydrogens is 352 g/mol. The minimum Gasteiger partial charge on any atom is -0.503 e. The number of rotatable bonds is 5. The van der Waals surface area contributed by atoms with E-state index in [1.165, 1.54) is 6.42 Å². The van der Waals surface area contributed by atoms with E-state index in [1.807, 2.05) is 44.3 Å². The molecule has 1 aliphatic heterocycles. The number of hydrogen-bond donors (Lipinski definition) is 2. The van der Waals surface area contributed by atoms with E-state index in [0.717, 1.165) is 42.1 Å². The Labute approximate surface area is 165 Å². The van der Waals surface area contributed by atoms with Crippen LogP contribution in [0.5, 0.6) is 0 Å². The van der Waals surface area contributed by atoms with Crippen LogP contribution in [0, 0.1) is 5.92 Å². The van der Waals surface area contributed by atoms with E-state index in [4.69, 9.17) is 0 Å². The second kappa shape index (κ2) is 7.46. The first-order chi connectivity index (χ1) is 13.5. The number of Topliss-reactive ketones (excluding diaryl/α,β-unsaturated/α-hetero) is 1. The van der Waals surface area contributed by atoms with Gasteiger partial charge in [0.2, 0.25) is 0 Å². The van der Waals surface area contributed by atoms with E-state index in [-0.39, 0.29) is 29.1 Å². The summed E-state index contributed by atoms with van der Waals surface area (Å²) in [6, 6.07) is 7.45. The van der Waals surface area contributed by atoms with Crippen LogP contribution >= 0.6 is 0 Å². The Morgan fingerprint density at radius 3 is 2.64 bits per heavy atom. The fourth-order valence-electron chi connectivity index (χ4n) is 4.75. The van der Waals surface area contributed by atoms with Crippen molar-refractivity contribution in [1.82, 2.24) is 9.88 Å². The highest BCUT2D eigenvalue weighted by Crippen LogP contribution is 2.44. The molecule has 1 amide bonds. The Kier molecular flexibility index (Phi) is 5.00. The monoisotopic (exact) mass is 380 g/mol. The smallest absolute Gasteiger partial charge is 0.290 e. The van der Waals surface area contributed by atoms with Gasteiger partial charge in [0.1, 0.15) is 0 Å². The van der Waals surface area contributed by atoms with E-state index >= 15 is 0 Å². The third-order valence-corrected chi connectivity index (χ3v) is 6.02. The maximum Gasteiger partial charge on any atom is 0.290 e. The molecule has 0 bridgehead atoms. The molecule has 1 atom stereocenters. The van der Waals surface area contributed by atoms with Crippen LogP contribution in [0.1, 0.15) is 64.0 Å². The summed E-state index contributed by atoms with van der Waals surface area (Å²) in [4.78, 5) is 31.2. The lowest BCUT2D eigenvalue weighted by atomic mass is 9.89. The van der Waals surface area contributed by atoms with Crippen molar-refractivity contribution in [2.24, 2.45) is 5.92 Å². The number of fused-ring (bicyclic) bond motifs is 1. The van der Waals surface area contributed by atoms with Gasteiger partial charge in [-0.1, -0.05) is 51.3 Å². The molecule has 1 aromatic carbocycles. The van der Waals surface area contributed by atoms with Gasteiger partial charge in [-0.3, -0.25) is 9.59 Å². The molecule has 2 heterocycles. The molecular formula is C23H28N2O3. The molecule has 5 heteroatoms. The fourth-order valence-corrected chi connectivity index (χ4v) is 4.75. The summed E-state index contributed by atoms with van der Waals surface area (Å²) in [5, 5.41) is 11.7. The Bertz CT molecular complexity index is 934. The van der Waals surface area contributed by atoms with Gasteiger partial charge in [0, 0.05) is 35.1 Å². The molecule has 2 aromatic rings. The zero-order valence-electron chi connectivity index (χ0n) is 16.6. The number of H-pyrrole nitrogens is 1. The van der Waals surface area contributed by atoms with Crippen LogP contribution in [0.15, 0.2) is 41.8 Å². The molecule has 1 aromatic heterocycles. The highest BCUT2D eigenvalue weighted by atomic mass is 16.3. The molecule has 0 radical (unpaired) electrons. The van der Waals surface area contributed by atoms with E-state index in [1.54, 1.807) is 4.90 Å². The van der Waals surface area contributed by atoms with Crippen molar-refractivity contribution in [3.63, 3.8) is 0 Å². The second-order valence-electron chi connectivity index (χ2n) is 8.48. The van der Waals surface area contributed by atoms with Crippen LogP contribution in [0.25, 0.3) is 10.9 Å². The van der Waals surface area contributed by atoms with Gasteiger partial charge < -0.3 is 15.0 Å². The summed E-state index contributed by atoms with van der Waals surface area (Å²) >= 11 is 0. The number of nitrogens with zero attached hydrogens (tertiary/aromatic N) is 1. The van der Waals surface area contributed by atoms with E-state index in [9.17, 15) is 14.7 Å². The van der Waals surface area contributed by atoms with Gasteiger partial charge in [0.05, 0.1) is 11.6 Å². The predicted molar refractivity (Wildman–Crippen MR) is 109 cm³/mol. The van der Waals surface area contributed by atoms with Crippen LogP contribution in [0.2, 0.25) is 0 Å². The van der Waals surface area contributed by atoms with Crippen LogP contribution < -0.4 is 0 Å². The van der Waals surface area contributed by atoms with Crippen molar-refractivity contribution >= 4 is 22.6 Å². The number of aliphatic hydroxyl groups is 1. The number of aliphatic hydroxyl groups excluding tert-OH is 1. The van der Waals surface area contributed by atoms with Crippen LogP contribution in [0.3, 0.4) is 0 Å². The first kappa shape index (κ1) is 18.8. The van der Waals surface area contributed by atoms with E-state index < -0.39 is 11.9 Å². The lowest BCUT2D eigenvalue weighted by molar-refractivity contribution is -0.132. The zero-order valence-corrected chi connectivity index (χ0v) is 16.6. The molecule has 1 fully saturated rings. The number of aromatic nitrogens is 1. The molecule has 1 aliphatic carbocycles. The number of para-hydroxylation sites is 1. The van der Waals surface area contributed by atoms with Crippen molar-refractivity contribution in [2.45, 2.75) is 64.5 Å². The van der Waals surface area contributed by atoms with Gasteiger partial charge in [0.25, 0.3) is 5.91 Å². The van der Waals surface area contributed by atoms with Gasteiger partial charge in [-0.15, -0.1) is 0 Å². The number of aromatic amines is 1. The first-order valence-electron chi connectivity index (χ1n) is 10.3. The van der Waals surface area contributed by atoms with E-state index in [2.05, 4.69) is 4.98 Å². The summed E-state index contributed by atoms with van der Waals surface area (Å²) in [6.45, 7) is 3.96. The maximum atomic E-state index is 13.1.